The van der Waals surface area contributed by atoms with Crippen LogP contribution in [-0.4, -0.2) is 34.9 Å². The van der Waals surface area contributed by atoms with E-state index in [0.717, 1.165) is 5.56 Å². The van der Waals surface area contributed by atoms with Crippen LogP contribution in [0.1, 0.15) is 15.9 Å². The van der Waals surface area contributed by atoms with Gasteiger partial charge in [-0.25, -0.2) is 9.67 Å². The van der Waals surface area contributed by atoms with Crippen molar-refractivity contribution < 1.29 is 14.3 Å². The molecular formula is C18H16Cl2N4O3. The van der Waals surface area contributed by atoms with Gasteiger partial charge in [0.2, 0.25) is 5.95 Å². The summed E-state index contributed by atoms with van der Waals surface area (Å²) < 4.78 is 12.0. The number of ether oxygens (including phenoxy) is 2. The van der Waals surface area contributed by atoms with Gasteiger partial charge < -0.3 is 9.47 Å². The second kappa shape index (κ2) is 8.28. The van der Waals surface area contributed by atoms with Gasteiger partial charge in [0, 0.05) is 15.6 Å². The first-order chi connectivity index (χ1) is 13.0. The van der Waals surface area contributed by atoms with E-state index >= 15 is 0 Å². The molecule has 0 radical (unpaired) electrons. The predicted molar refractivity (Wildman–Crippen MR) is 103 cm³/mol. The highest BCUT2D eigenvalue weighted by Gasteiger charge is 2.18. The van der Waals surface area contributed by atoms with Crippen LogP contribution in [0.5, 0.6) is 11.5 Å². The number of anilines is 1. The SMILES string of the molecule is COc1cccc(C(=O)Nc2ncn(Cc3c(Cl)cccc3Cl)n2)c1OC. The Balaban J connectivity index is 1.77. The summed E-state index contributed by atoms with van der Waals surface area (Å²) in [6.45, 7) is 0.323. The number of methoxy groups -OCH3 is 2. The Morgan fingerprint density at radius 2 is 1.81 bits per heavy atom. The molecule has 0 spiro atoms. The quantitative estimate of drug-likeness (QED) is 0.671. The number of amides is 1. The van der Waals surface area contributed by atoms with Crippen LogP contribution in [0.2, 0.25) is 10.0 Å². The van der Waals surface area contributed by atoms with Gasteiger partial charge in [-0.2, -0.15) is 0 Å². The average Bonchev–Trinajstić information content (AvgIpc) is 3.11. The number of hydrogen-bond acceptors (Lipinski definition) is 5. The molecule has 1 amide bonds. The number of nitrogens with one attached hydrogen (secondary N) is 1. The molecule has 140 valence electrons. The van der Waals surface area contributed by atoms with Gasteiger partial charge in [-0.1, -0.05) is 35.3 Å². The van der Waals surface area contributed by atoms with Crippen LogP contribution < -0.4 is 14.8 Å². The summed E-state index contributed by atoms with van der Waals surface area (Å²) in [5.41, 5.74) is 1.03. The summed E-state index contributed by atoms with van der Waals surface area (Å²) in [5, 5.41) is 7.94. The summed E-state index contributed by atoms with van der Waals surface area (Å²) in [5.74, 6) is 0.518. The number of hydrogen-bond donors (Lipinski definition) is 1. The van der Waals surface area contributed by atoms with Crippen molar-refractivity contribution in [1.29, 1.82) is 0 Å². The van der Waals surface area contributed by atoms with E-state index in [1.807, 2.05) is 0 Å². The molecule has 0 aliphatic carbocycles. The van der Waals surface area contributed by atoms with Crippen LogP contribution in [0, 0.1) is 0 Å². The van der Waals surface area contributed by atoms with Gasteiger partial charge in [0.15, 0.2) is 11.5 Å². The zero-order valence-electron chi connectivity index (χ0n) is 14.6. The number of rotatable bonds is 6. The molecule has 0 saturated carbocycles. The Kier molecular flexibility index (Phi) is 5.83. The van der Waals surface area contributed by atoms with Crippen molar-refractivity contribution in [1.82, 2.24) is 14.8 Å². The Labute approximate surface area is 165 Å². The summed E-state index contributed by atoms with van der Waals surface area (Å²) in [6.07, 6.45) is 1.48. The van der Waals surface area contributed by atoms with E-state index in [1.165, 1.54) is 25.2 Å². The van der Waals surface area contributed by atoms with Crippen molar-refractivity contribution in [3.63, 3.8) is 0 Å². The minimum absolute atomic E-state index is 0.146. The Bertz CT molecular complexity index is 955. The summed E-state index contributed by atoms with van der Waals surface area (Å²) in [7, 11) is 2.97. The van der Waals surface area contributed by atoms with Crippen molar-refractivity contribution in [3.8, 4) is 11.5 Å². The third-order valence-electron chi connectivity index (χ3n) is 3.79. The number of halogens is 2. The molecular weight excluding hydrogens is 391 g/mol. The lowest BCUT2D eigenvalue weighted by Crippen LogP contribution is -2.15. The van der Waals surface area contributed by atoms with Gasteiger partial charge in [-0.05, 0) is 24.3 Å². The summed E-state index contributed by atoms with van der Waals surface area (Å²) in [4.78, 5) is 16.7. The lowest BCUT2D eigenvalue weighted by Gasteiger charge is -2.11. The minimum Gasteiger partial charge on any atom is -0.493 e. The fourth-order valence-corrected chi connectivity index (χ4v) is 3.03. The molecule has 9 heteroatoms. The first-order valence-corrected chi connectivity index (χ1v) is 8.63. The topological polar surface area (TPSA) is 78.3 Å². The first-order valence-electron chi connectivity index (χ1n) is 7.88. The van der Waals surface area contributed by atoms with E-state index in [1.54, 1.807) is 36.4 Å². The number of nitrogens with zero attached hydrogens (tertiary/aromatic N) is 3. The lowest BCUT2D eigenvalue weighted by atomic mass is 10.1. The number of aromatic nitrogens is 3. The number of carbonyl (C=O) groups is 1. The van der Waals surface area contributed by atoms with Gasteiger partial charge in [-0.3, -0.25) is 10.1 Å². The number of benzene rings is 2. The number of carbonyl (C=O) groups excluding carboxylic acids is 1. The third kappa shape index (κ3) is 4.15. The maximum atomic E-state index is 12.6. The van der Waals surface area contributed by atoms with Crippen molar-refractivity contribution >= 4 is 35.1 Å². The molecule has 0 aliphatic heterocycles. The molecule has 1 N–H and O–H groups in total. The predicted octanol–water partition coefficient (Wildman–Crippen LogP) is 3.90. The molecule has 0 atom stereocenters. The van der Waals surface area contributed by atoms with Crippen LogP contribution in [0.25, 0.3) is 0 Å². The van der Waals surface area contributed by atoms with Crippen LogP contribution in [0.15, 0.2) is 42.7 Å². The van der Waals surface area contributed by atoms with Crippen LogP contribution in [0.3, 0.4) is 0 Å². The molecule has 1 aromatic heterocycles. The molecule has 2 aromatic carbocycles. The van der Waals surface area contributed by atoms with Crippen molar-refractivity contribution in [2.24, 2.45) is 0 Å². The van der Waals surface area contributed by atoms with Gasteiger partial charge >= 0.3 is 0 Å². The molecule has 3 aromatic rings. The summed E-state index contributed by atoms with van der Waals surface area (Å²) in [6, 6.07) is 10.3. The molecule has 7 nitrogen and oxygen atoms in total. The number of para-hydroxylation sites is 1. The molecule has 0 fully saturated rings. The van der Waals surface area contributed by atoms with Crippen LogP contribution in [0.4, 0.5) is 5.95 Å². The van der Waals surface area contributed by atoms with Crippen molar-refractivity contribution in [2.75, 3.05) is 19.5 Å². The minimum atomic E-state index is -0.417. The smallest absolute Gasteiger partial charge is 0.261 e. The fraction of sp³-hybridized carbons (Fsp3) is 0.167. The Morgan fingerprint density at radius 3 is 2.48 bits per heavy atom. The van der Waals surface area contributed by atoms with E-state index in [2.05, 4.69) is 15.4 Å². The average molecular weight is 407 g/mol. The molecule has 27 heavy (non-hydrogen) atoms. The molecule has 0 aliphatic rings. The zero-order chi connectivity index (χ0) is 19.4. The third-order valence-corrected chi connectivity index (χ3v) is 4.50. The first kappa shape index (κ1) is 19.0. The van der Waals surface area contributed by atoms with Gasteiger partial charge in [0.1, 0.15) is 6.33 Å². The van der Waals surface area contributed by atoms with Crippen LogP contribution >= 0.6 is 23.2 Å². The maximum Gasteiger partial charge on any atom is 0.261 e. The molecule has 0 saturated heterocycles. The van der Waals surface area contributed by atoms with E-state index in [-0.39, 0.29) is 5.95 Å². The summed E-state index contributed by atoms with van der Waals surface area (Å²) >= 11 is 12.3. The van der Waals surface area contributed by atoms with Crippen molar-refractivity contribution in [3.05, 3.63) is 63.9 Å². The fourth-order valence-electron chi connectivity index (χ4n) is 2.51. The molecule has 3 rings (SSSR count). The highest BCUT2D eigenvalue weighted by Crippen LogP contribution is 2.31. The highest BCUT2D eigenvalue weighted by atomic mass is 35.5. The Morgan fingerprint density at radius 1 is 1.11 bits per heavy atom. The van der Waals surface area contributed by atoms with Crippen LogP contribution in [-0.2, 0) is 6.54 Å². The molecule has 0 bridgehead atoms. The highest BCUT2D eigenvalue weighted by molar-refractivity contribution is 6.35. The van der Waals surface area contributed by atoms with E-state index in [0.29, 0.717) is 33.7 Å². The van der Waals surface area contributed by atoms with E-state index in [4.69, 9.17) is 32.7 Å². The molecule has 1 heterocycles. The van der Waals surface area contributed by atoms with E-state index < -0.39 is 5.91 Å². The van der Waals surface area contributed by atoms with Gasteiger partial charge in [0.05, 0.1) is 26.3 Å². The van der Waals surface area contributed by atoms with Gasteiger partial charge in [0.25, 0.3) is 5.91 Å². The van der Waals surface area contributed by atoms with E-state index in [9.17, 15) is 4.79 Å². The van der Waals surface area contributed by atoms with Gasteiger partial charge in [-0.15, -0.1) is 5.10 Å². The standard InChI is InChI=1S/C18H16Cl2N4O3/c1-26-15-8-3-5-11(16(15)27-2)17(25)22-18-21-10-24(23-18)9-12-13(19)6-4-7-14(12)20/h3-8,10H,9H2,1-2H3,(H,22,23,25). The Hall–Kier alpha value is -2.77. The normalized spacial score (nSPS) is 10.5. The monoisotopic (exact) mass is 406 g/mol. The zero-order valence-corrected chi connectivity index (χ0v) is 16.1. The second-order valence-electron chi connectivity index (χ2n) is 5.46. The largest absolute Gasteiger partial charge is 0.493 e. The molecule has 0 unspecified atom stereocenters. The second-order valence-corrected chi connectivity index (χ2v) is 6.28. The lowest BCUT2D eigenvalue weighted by molar-refractivity contribution is 0.102. The van der Waals surface area contributed by atoms with Crippen molar-refractivity contribution in [2.45, 2.75) is 6.54 Å². The maximum absolute atomic E-state index is 12.6.